The molecule has 10 rings (SSSR count). The third-order valence-corrected chi connectivity index (χ3v) is 13.5. The number of hydrogen-bond donors (Lipinski definition) is 0. The minimum Gasteiger partial charge on any atom is -0.310 e. The third kappa shape index (κ3) is 5.74. The summed E-state index contributed by atoms with van der Waals surface area (Å²) in [6, 6.07) is 59.8. The van der Waals surface area contributed by atoms with Crippen LogP contribution in [0.15, 0.2) is 158 Å². The second-order valence-electron chi connectivity index (χ2n) is 17.6. The van der Waals surface area contributed by atoms with Crippen LogP contribution in [0.5, 0.6) is 0 Å². The molecule has 1 saturated carbocycles. The highest BCUT2D eigenvalue weighted by Crippen LogP contribution is 2.53. The highest BCUT2D eigenvalue weighted by molar-refractivity contribution is 5.90. The Labute approximate surface area is 333 Å². The van der Waals surface area contributed by atoms with Crippen molar-refractivity contribution < 1.29 is 0 Å². The summed E-state index contributed by atoms with van der Waals surface area (Å²) in [6.45, 7) is 9.51. The summed E-state index contributed by atoms with van der Waals surface area (Å²) in [6.07, 6.45) is 8.06. The van der Waals surface area contributed by atoms with E-state index in [2.05, 4.69) is 190 Å². The first-order chi connectivity index (χ1) is 27.3. The standard InChI is InChI=1S/C55H51N/c1-54(2)50-22-13-12-21-46(50)48-34-41(25-31-51(48)54)42-26-32-52-49(35-42)47-30-29-45(36-53(47)55(52,3)4)56(44-20-14-19-40(33-44)38-17-10-7-11-18-38)43-27-23-39(24-28-43)37-15-8-5-6-9-16-37/h7,10-14,17-37H,5-6,8-9,15-16H2,1-4H3. The molecule has 7 aromatic carbocycles. The van der Waals surface area contributed by atoms with Crippen LogP contribution in [0.2, 0.25) is 0 Å². The Kier molecular flexibility index (Phi) is 8.40. The molecule has 276 valence electrons. The molecule has 0 aromatic heterocycles. The molecule has 7 aromatic rings. The van der Waals surface area contributed by atoms with E-state index in [0.29, 0.717) is 5.92 Å². The molecule has 1 nitrogen and oxygen atoms in total. The fourth-order valence-electron chi connectivity index (χ4n) is 10.4. The maximum absolute atomic E-state index is 2.47. The number of fused-ring (bicyclic) bond motifs is 6. The molecule has 0 spiro atoms. The molecule has 1 heteroatoms. The van der Waals surface area contributed by atoms with Gasteiger partial charge in [-0.2, -0.15) is 0 Å². The molecule has 0 unspecified atom stereocenters. The van der Waals surface area contributed by atoms with Crippen LogP contribution >= 0.6 is 0 Å². The maximum atomic E-state index is 2.47. The SMILES string of the molecule is CC1(C)c2ccccc2-c2cc(-c3ccc4c(c3)-c3ccc(N(c5ccc(C6CCCCCC6)cc5)c5cccc(-c6ccccc6)c5)cc3C4(C)C)ccc21. The number of nitrogens with zero attached hydrogens (tertiary/aromatic N) is 1. The van der Waals surface area contributed by atoms with Crippen molar-refractivity contribution in [1.29, 1.82) is 0 Å². The lowest BCUT2D eigenvalue weighted by Crippen LogP contribution is -2.16. The Hall–Kier alpha value is -5.66. The molecule has 0 N–H and O–H groups in total. The molecule has 0 radical (unpaired) electrons. The van der Waals surface area contributed by atoms with Gasteiger partial charge in [0.15, 0.2) is 0 Å². The van der Waals surface area contributed by atoms with Crippen LogP contribution in [0, 0.1) is 0 Å². The molecule has 0 saturated heterocycles. The third-order valence-electron chi connectivity index (χ3n) is 13.5. The largest absolute Gasteiger partial charge is 0.310 e. The van der Waals surface area contributed by atoms with Crippen molar-refractivity contribution in [2.45, 2.75) is 83.0 Å². The second kappa shape index (κ2) is 13.5. The van der Waals surface area contributed by atoms with Crippen molar-refractivity contribution in [2.24, 2.45) is 0 Å². The zero-order chi connectivity index (χ0) is 38.0. The molecule has 0 atom stereocenters. The fraction of sp³-hybridized carbons (Fsp3) is 0.236. The Bertz CT molecular complexity index is 2580. The first-order valence-electron chi connectivity index (χ1n) is 20.9. The lowest BCUT2D eigenvalue weighted by molar-refractivity contribution is 0.592. The van der Waals surface area contributed by atoms with Crippen LogP contribution in [0.1, 0.15) is 100.0 Å². The van der Waals surface area contributed by atoms with Crippen molar-refractivity contribution in [3.63, 3.8) is 0 Å². The summed E-state index contributed by atoms with van der Waals surface area (Å²) in [7, 11) is 0. The summed E-state index contributed by atoms with van der Waals surface area (Å²) in [5.41, 5.74) is 21.0. The lowest BCUT2D eigenvalue weighted by atomic mass is 9.81. The topological polar surface area (TPSA) is 3.24 Å². The van der Waals surface area contributed by atoms with Gasteiger partial charge in [0.25, 0.3) is 0 Å². The van der Waals surface area contributed by atoms with E-state index in [1.807, 2.05) is 0 Å². The monoisotopic (exact) mass is 725 g/mol. The van der Waals surface area contributed by atoms with Gasteiger partial charge in [-0.3, -0.25) is 0 Å². The molecule has 0 aliphatic heterocycles. The first kappa shape index (κ1) is 34.8. The minimum absolute atomic E-state index is 0.0106. The van der Waals surface area contributed by atoms with Crippen molar-refractivity contribution in [3.05, 3.63) is 186 Å². The van der Waals surface area contributed by atoms with Gasteiger partial charge in [-0.1, -0.05) is 163 Å². The van der Waals surface area contributed by atoms with Gasteiger partial charge in [0.1, 0.15) is 0 Å². The van der Waals surface area contributed by atoms with Crippen LogP contribution in [0.4, 0.5) is 17.1 Å². The van der Waals surface area contributed by atoms with Gasteiger partial charge in [0.2, 0.25) is 0 Å². The van der Waals surface area contributed by atoms with Crippen LogP contribution in [-0.4, -0.2) is 0 Å². The smallest absolute Gasteiger partial charge is 0.0467 e. The maximum Gasteiger partial charge on any atom is 0.0467 e. The number of rotatable bonds is 6. The van der Waals surface area contributed by atoms with E-state index < -0.39 is 0 Å². The summed E-state index contributed by atoms with van der Waals surface area (Å²) >= 11 is 0. The zero-order valence-electron chi connectivity index (χ0n) is 33.3. The fourth-order valence-corrected chi connectivity index (χ4v) is 10.4. The van der Waals surface area contributed by atoms with Gasteiger partial charge in [-0.15, -0.1) is 0 Å². The van der Waals surface area contributed by atoms with E-state index in [1.165, 1.54) is 128 Å². The molecule has 0 heterocycles. The van der Waals surface area contributed by atoms with Crippen LogP contribution in [0.3, 0.4) is 0 Å². The molecule has 1 fully saturated rings. The lowest BCUT2D eigenvalue weighted by Gasteiger charge is -2.29. The highest BCUT2D eigenvalue weighted by atomic mass is 15.1. The van der Waals surface area contributed by atoms with E-state index in [4.69, 9.17) is 0 Å². The number of anilines is 3. The summed E-state index contributed by atoms with van der Waals surface area (Å²) in [4.78, 5) is 2.47. The Morgan fingerprint density at radius 2 is 0.911 bits per heavy atom. The first-order valence-corrected chi connectivity index (χ1v) is 20.9. The van der Waals surface area contributed by atoms with Crippen LogP contribution < -0.4 is 4.90 Å². The van der Waals surface area contributed by atoms with Crippen LogP contribution in [-0.2, 0) is 10.8 Å². The van der Waals surface area contributed by atoms with E-state index in [-0.39, 0.29) is 10.8 Å². The Morgan fingerprint density at radius 3 is 1.61 bits per heavy atom. The summed E-state index contributed by atoms with van der Waals surface area (Å²) < 4.78 is 0. The Morgan fingerprint density at radius 1 is 0.375 bits per heavy atom. The molecule has 3 aliphatic carbocycles. The van der Waals surface area contributed by atoms with E-state index in [9.17, 15) is 0 Å². The van der Waals surface area contributed by atoms with Crippen molar-refractivity contribution in [1.82, 2.24) is 0 Å². The van der Waals surface area contributed by atoms with Crippen molar-refractivity contribution >= 4 is 17.1 Å². The van der Waals surface area contributed by atoms with Gasteiger partial charge < -0.3 is 4.90 Å². The summed E-state index contributed by atoms with van der Waals surface area (Å²) in [5, 5.41) is 0. The van der Waals surface area contributed by atoms with Gasteiger partial charge in [0, 0.05) is 27.9 Å². The molecular weight excluding hydrogens is 675 g/mol. The van der Waals surface area contributed by atoms with Gasteiger partial charge in [-0.05, 0) is 140 Å². The molecule has 3 aliphatic rings. The quantitative estimate of drug-likeness (QED) is 0.154. The van der Waals surface area contributed by atoms with Crippen molar-refractivity contribution in [3.8, 4) is 44.5 Å². The average Bonchev–Trinajstić information content (AvgIpc) is 3.41. The number of hydrogen-bond acceptors (Lipinski definition) is 1. The number of benzene rings is 7. The predicted octanol–water partition coefficient (Wildman–Crippen LogP) is 15.5. The average molecular weight is 726 g/mol. The molecule has 0 amide bonds. The molecule has 56 heavy (non-hydrogen) atoms. The predicted molar refractivity (Wildman–Crippen MR) is 238 cm³/mol. The van der Waals surface area contributed by atoms with Crippen molar-refractivity contribution in [2.75, 3.05) is 4.90 Å². The Balaban J connectivity index is 1.05. The normalized spacial score (nSPS) is 16.4. The van der Waals surface area contributed by atoms with E-state index in [1.54, 1.807) is 0 Å². The zero-order valence-corrected chi connectivity index (χ0v) is 33.3. The highest BCUT2D eigenvalue weighted by Gasteiger charge is 2.37. The van der Waals surface area contributed by atoms with Gasteiger partial charge >= 0.3 is 0 Å². The molecular formula is C55H51N. The van der Waals surface area contributed by atoms with Crippen LogP contribution in [0.25, 0.3) is 44.5 Å². The van der Waals surface area contributed by atoms with E-state index >= 15 is 0 Å². The van der Waals surface area contributed by atoms with Gasteiger partial charge in [-0.25, -0.2) is 0 Å². The summed E-state index contributed by atoms with van der Waals surface area (Å²) in [5.74, 6) is 0.671. The second-order valence-corrected chi connectivity index (χ2v) is 17.6. The van der Waals surface area contributed by atoms with Gasteiger partial charge in [0.05, 0.1) is 0 Å². The molecule has 0 bridgehead atoms. The minimum atomic E-state index is -0.138. The van der Waals surface area contributed by atoms with E-state index in [0.717, 1.165) is 0 Å².